The van der Waals surface area contributed by atoms with Gasteiger partial charge in [-0.2, -0.15) is 0 Å². The first-order chi connectivity index (χ1) is 15.8. The number of rotatable bonds is 7. The van der Waals surface area contributed by atoms with Gasteiger partial charge in [-0.05, 0) is 54.9 Å². The highest BCUT2D eigenvalue weighted by Gasteiger charge is 2.21. The molecule has 2 amide bonds. The number of ether oxygens (including phenoxy) is 1. The lowest BCUT2D eigenvalue weighted by molar-refractivity contribution is 0.0555. The minimum Gasteiger partial charge on any atom is -0.381 e. The Labute approximate surface area is 192 Å². The maximum atomic E-state index is 13.2. The fourth-order valence-electron chi connectivity index (χ4n) is 4.60. The molecule has 6 heteroatoms. The molecule has 2 aromatic rings. The molecule has 2 aliphatic rings. The van der Waals surface area contributed by atoms with E-state index in [1.54, 1.807) is 0 Å². The van der Waals surface area contributed by atoms with Gasteiger partial charge >= 0.3 is 6.03 Å². The van der Waals surface area contributed by atoms with Crippen LogP contribution in [0.25, 0.3) is 0 Å². The van der Waals surface area contributed by atoms with E-state index in [9.17, 15) is 4.79 Å². The number of nitrogens with one attached hydrogen (secondary N) is 1. The number of carbonyl (C=O) groups excluding carboxylic acids is 1. The van der Waals surface area contributed by atoms with E-state index in [0.29, 0.717) is 19.0 Å². The number of urea groups is 1. The van der Waals surface area contributed by atoms with Crippen LogP contribution in [0.2, 0.25) is 0 Å². The first-order valence-electron chi connectivity index (χ1n) is 12.1. The summed E-state index contributed by atoms with van der Waals surface area (Å²) < 4.78 is 5.51. The molecule has 6 nitrogen and oxygen atoms in total. The lowest BCUT2D eigenvalue weighted by Gasteiger charge is -2.30. The van der Waals surface area contributed by atoms with Gasteiger partial charge in [0.25, 0.3) is 0 Å². The van der Waals surface area contributed by atoms with E-state index < -0.39 is 0 Å². The molecule has 1 aromatic heterocycles. The van der Waals surface area contributed by atoms with Crippen LogP contribution in [0.15, 0.2) is 48.7 Å². The summed E-state index contributed by atoms with van der Waals surface area (Å²) in [4.78, 5) is 22.1. The molecular weight excluding hydrogens is 400 g/mol. The average Bonchev–Trinajstić information content (AvgIpc) is 3.13. The molecule has 3 heterocycles. The molecule has 2 saturated heterocycles. The van der Waals surface area contributed by atoms with Crippen LogP contribution in [0.1, 0.15) is 49.7 Å². The highest BCUT2D eigenvalue weighted by Crippen LogP contribution is 2.20. The van der Waals surface area contributed by atoms with Crippen LogP contribution in [0, 0.1) is 5.92 Å². The number of hydrogen-bond donors (Lipinski definition) is 1. The minimum absolute atomic E-state index is 0.00604. The van der Waals surface area contributed by atoms with Crippen LogP contribution in [0.4, 0.5) is 10.6 Å². The summed E-state index contributed by atoms with van der Waals surface area (Å²) in [5.41, 5.74) is 2.25. The van der Waals surface area contributed by atoms with Crippen molar-refractivity contribution in [2.45, 2.75) is 51.6 Å². The molecule has 32 heavy (non-hydrogen) atoms. The second-order valence-electron chi connectivity index (χ2n) is 9.00. The Hall–Kier alpha value is -2.60. The number of pyridine rings is 1. The van der Waals surface area contributed by atoms with Crippen molar-refractivity contribution in [1.29, 1.82) is 0 Å². The third kappa shape index (κ3) is 6.70. The molecule has 2 aliphatic heterocycles. The Morgan fingerprint density at radius 2 is 1.78 bits per heavy atom. The van der Waals surface area contributed by atoms with Crippen molar-refractivity contribution in [3.05, 3.63) is 59.8 Å². The number of amides is 2. The first-order valence-corrected chi connectivity index (χ1v) is 12.1. The largest absolute Gasteiger partial charge is 0.381 e. The van der Waals surface area contributed by atoms with Crippen LogP contribution in [0.3, 0.4) is 0 Å². The molecule has 2 fully saturated rings. The molecule has 1 aromatic carbocycles. The summed E-state index contributed by atoms with van der Waals surface area (Å²) in [7, 11) is 0. The summed E-state index contributed by atoms with van der Waals surface area (Å²) in [5, 5.41) is 3.16. The van der Waals surface area contributed by atoms with E-state index >= 15 is 0 Å². The summed E-state index contributed by atoms with van der Waals surface area (Å²) in [6, 6.07) is 14.4. The second-order valence-corrected chi connectivity index (χ2v) is 9.00. The fourth-order valence-corrected chi connectivity index (χ4v) is 4.60. The Kier molecular flexibility index (Phi) is 8.37. The molecule has 172 valence electrons. The van der Waals surface area contributed by atoms with E-state index in [-0.39, 0.29) is 6.03 Å². The number of nitrogens with zero attached hydrogens (tertiary/aromatic N) is 3. The van der Waals surface area contributed by atoms with Crippen molar-refractivity contribution >= 4 is 11.8 Å². The zero-order chi connectivity index (χ0) is 22.0. The lowest BCUT2D eigenvalue weighted by Crippen LogP contribution is -2.42. The van der Waals surface area contributed by atoms with Gasteiger partial charge in [0.15, 0.2) is 0 Å². The molecule has 1 N–H and O–H groups in total. The fraction of sp³-hybridized carbons (Fsp3) is 0.538. The minimum atomic E-state index is -0.00604. The van der Waals surface area contributed by atoms with Gasteiger partial charge in [-0.25, -0.2) is 9.78 Å². The monoisotopic (exact) mass is 436 g/mol. The number of anilines is 1. The highest BCUT2D eigenvalue weighted by molar-refractivity contribution is 5.74. The summed E-state index contributed by atoms with van der Waals surface area (Å²) >= 11 is 0. The zero-order valence-electron chi connectivity index (χ0n) is 19.0. The maximum Gasteiger partial charge on any atom is 0.317 e. The van der Waals surface area contributed by atoms with Gasteiger partial charge in [-0.15, -0.1) is 0 Å². The van der Waals surface area contributed by atoms with Gasteiger partial charge in [0.2, 0.25) is 0 Å². The number of hydrogen-bond acceptors (Lipinski definition) is 4. The van der Waals surface area contributed by atoms with Crippen LogP contribution < -0.4 is 10.2 Å². The number of benzene rings is 1. The molecule has 0 radical (unpaired) electrons. The molecule has 4 rings (SSSR count). The Balaban J connectivity index is 1.38. The molecule has 0 aliphatic carbocycles. The summed E-state index contributed by atoms with van der Waals surface area (Å²) in [5.74, 6) is 1.52. The molecule has 0 saturated carbocycles. The van der Waals surface area contributed by atoms with Crippen LogP contribution in [-0.4, -0.2) is 48.8 Å². The van der Waals surface area contributed by atoms with E-state index in [1.807, 2.05) is 35.4 Å². The second kappa shape index (κ2) is 11.9. The normalized spacial score (nSPS) is 17.6. The van der Waals surface area contributed by atoms with Gasteiger partial charge in [0.1, 0.15) is 5.82 Å². The number of carbonyl (C=O) groups is 1. The third-order valence-corrected chi connectivity index (χ3v) is 6.51. The van der Waals surface area contributed by atoms with E-state index in [4.69, 9.17) is 4.74 Å². The SMILES string of the molecule is O=C(NCc1ccnc(N2CCCCCC2)c1)N(Cc1ccccc1)CC1CCOCC1. The zero-order valence-corrected chi connectivity index (χ0v) is 19.0. The van der Waals surface area contributed by atoms with Gasteiger partial charge in [0.05, 0.1) is 0 Å². The summed E-state index contributed by atoms with van der Waals surface area (Å²) in [6.07, 6.45) is 8.95. The molecule has 0 unspecified atom stereocenters. The van der Waals surface area contributed by atoms with Crippen molar-refractivity contribution in [2.24, 2.45) is 5.92 Å². The van der Waals surface area contributed by atoms with Gasteiger partial charge in [0, 0.05) is 52.1 Å². The van der Waals surface area contributed by atoms with Gasteiger partial charge in [-0.1, -0.05) is 43.2 Å². The lowest BCUT2D eigenvalue weighted by atomic mass is 9.99. The quantitative estimate of drug-likeness (QED) is 0.689. The molecule has 0 spiro atoms. The van der Waals surface area contributed by atoms with Crippen molar-refractivity contribution in [3.63, 3.8) is 0 Å². The maximum absolute atomic E-state index is 13.2. The van der Waals surface area contributed by atoms with Gasteiger partial charge < -0.3 is 19.9 Å². The highest BCUT2D eigenvalue weighted by atomic mass is 16.5. The van der Waals surface area contributed by atoms with Crippen molar-refractivity contribution < 1.29 is 9.53 Å². The Morgan fingerprint density at radius 3 is 2.53 bits per heavy atom. The Bertz CT molecular complexity index is 831. The first kappa shape index (κ1) is 22.6. The van der Waals surface area contributed by atoms with Crippen LogP contribution in [0.5, 0.6) is 0 Å². The van der Waals surface area contributed by atoms with Crippen LogP contribution >= 0.6 is 0 Å². The van der Waals surface area contributed by atoms with E-state index in [1.165, 1.54) is 25.7 Å². The predicted molar refractivity (Wildman–Crippen MR) is 128 cm³/mol. The van der Waals surface area contributed by atoms with Crippen molar-refractivity contribution in [2.75, 3.05) is 37.7 Å². The molecule has 0 atom stereocenters. The van der Waals surface area contributed by atoms with E-state index in [2.05, 4.69) is 33.4 Å². The summed E-state index contributed by atoms with van der Waals surface area (Å²) in [6.45, 7) is 5.63. The van der Waals surface area contributed by atoms with Crippen molar-refractivity contribution in [3.8, 4) is 0 Å². The molecular formula is C26H36N4O2. The topological polar surface area (TPSA) is 57.7 Å². The average molecular weight is 437 g/mol. The van der Waals surface area contributed by atoms with Crippen molar-refractivity contribution in [1.82, 2.24) is 15.2 Å². The smallest absolute Gasteiger partial charge is 0.317 e. The predicted octanol–water partition coefficient (Wildman–Crippen LogP) is 4.60. The third-order valence-electron chi connectivity index (χ3n) is 6.51. The Morgan fingerprint density at radius 1 is 1.03 bits per heavy atom. The van der Waals surface area contributed by atoms with E-state index in [0.717, 1.165) is 62.6 Å². The molecule has 0 bridgehead atoms. The number of aromatic nitrogens is 1. The van der Waals surface area contributed by atoms with Crippen LogP contribution in [-0.2, 0) is 17.8 Å². The van der Waals surface area contributed by atoms with Gasteiger partial charge in [-0.3, -0.25) is 0 Å². The standard InChI is InChI=1S/C26H36N4O2/c31-26(28-19-24-10-13-27-25(18-24)29-14-6-1-2-7-15-29)30(20-22-8-4-3-5-9-22)21-23-11-16-32-17-12-23/h3-5,8-10,13,18,23H,1-2,6-7,11-12,14-17,19-21H2,(H,28,31).